The van der Waals surface area contributed by atoms with E-state index in [4.69, 9.17) is 0 Å². The van der Waals surface area contributed by atoms with Crippen molar-refractivity contribution in [2.75, 3.05) is 6.26 Å². The minimum atomic E-state index is -3.03. The van der Waals surface area contributed by atoms with E-state index in [1.165, 1.54) is 11.8 Å². The summed E-state index contributed by atoms with van der Waals surface area (Å²) in [7, 11) is -3.03. The second-order valence-electron chi connectivity index (χ2n) is 5.18. The Bertz CT molecular complexity index is 505. The van der Waals surface area contributed by atoms with E-state index in [9.17, 15) is 8.42 Å². The first kappa shape index (κ1) is 12.6. The topological polar surface area (TPSA) is 34.1 Å². The van der Waals surface area contributed by atoms with Crippen LogP contribution in [0.25, 0.3) is 0 Å². The molecule has 3 heteroatoms. The minimum absolute atomic E-state index is 0.213. The highest BCUT2D eigenvalue weighted by molar-refractivity contribution is 7.90. The third-order valence-corrected chi connectivity index (χ3v) is 5.66. The summed E-state index contributed by atoms with van der Waals surface area (Å²) >= 11 is 0. The molecule has 2 nitrogen and oxygen atoms in total. The Kier molecular flexibility index (Phi) is 3.30. The number of benzene rings is 1. The Balaban J connectivity index is 2.56. The summed E-state index contributed by atoms with van der Waals surface area (Å²) in [6.07, 6.45) is 3.42. The van der Waals surface area contributed by atoms with Gasteiger partial charge in [0, 0.05) is 6.26 Å². The molecule has 0 amide bonds. The van der Waals surface area contributed by atoms with Gasteiger partial charge in [0.1, 0.15) is 0 Å². The minimum Gasteiger partial charge on any atom is -0.228 e. The van der Waals surface area contributed by atoms with E-state index in [0.29, 0.717) is 5.92 Å². The van der Waals surface area contributed by atoms with E-state index in [-0.39, 0.29) is 11.2 Å². The summed E-state index contributed by atoms with van der Waals surface area (Å²) in [6, 6.07) is 7.99. The van der Waals surface area contributed by atoms with Crippen LogP contribution in [-0.2, 0) is 16.3 Å². The quantitative estimate of drug-likeness (QED) is 0.811. The third kappa shape index (κ3) is 2.25. The van der Waals surface area contributed by atoms with Gasteiger partial charge in [0.2, 0.25) is 0 Å². The average Bonchev–Trinajstić information content (AvgIpc) is 2.26. The van der Waals surface area contributed by atoms with Crippen LogP contribution in [0.4, 0.5) is 0 Å². The van der Waals surface area contributed by atoms with Crippen molar-refractivity contribution < 1.29 is 8.42 Å². The van der Waals surface area contributed by atoms with Crippen LogP contribution in [0.3, 0.4) is 0 Å². The maximum atomic E-state index is 12.0. The van der Waals surface area contributed by atoms with Crippen LogP contribution in [-0.4, -0.2) is 14.7 Å². The lowest BCUT2D eigenvalue weighted by molar-refractivity contribution is 0.310. The SMILES string of the molecule is CCC1Cc2ccccc2C(S(C)(=O)=O)C1C. The van der Waals surface area contributed by atoms with Crippen LogP contribution in [0, 0.1) is 11.8 Å². The fourth-order valence-electron chi connectivity index (χ4n) is 3.13. The largest absolute Gasteiger partial charge is 0.228 e. The molecule has 94 valence electrons. The smallest absolute Gasteiger partial charge is 0.154 e. The highest BCUT2D eigenvalue weighted by atomic mass is 32.2. The van der Waals surface area contributed by atoms with Gasteiger partial charge in [0.15, 0.2) is 9.84 Å². The normalized spacial score (nSPS) is 28.8. The van der Waals surface area contributed by atoms with Gasteiger partial charge in [0.05, 0.1) is 5.25 Å². The molecule has 0 heterocycles. The molecule has 17 heavy (non-hydrogen) atoms. The molecule has 1 aliphatic carbocycles. The van der Waals surface area contributed by atoms with Crippen LogP contribution in [0.15, 0.2) is 24.3 Å². The van der Waals surface area contributed by atoms with Gasteiger partial charge in [-0.15, -0.1) is 0 Å². The van der Waals surface area contributed by atoms with Gasteiger partial charge >= 0.3 is 0 Å². The molecule has 0 saturated heterocycles. The zero-order chi connectivity index (χ0) is 12.6. The highest BCUT2D eigenvalue weighted by Gasteiger charge is 2.38. The Morgan fingerprint density at radius 3 is 2.53 bits per heavy atom. The fourth-order valence-corrected chi connectivity index (χ4v) is 4.83. The van der Waals surface area contributed by atoms with Gasteiger partial charge in [-0.3, -0.25) is 0 Å². The predicted octanol–water partition coefficient (Wildman–Crippen LogP) is 2.99. The van der Waals surface area contributed by atoms with E-state index in [1.54, 1.807) is 0 Å². The summed E-state index contributed by atoms with van der Waals surface area (Å²) in [5.74, 6) is 0.689. The second kappa shape index (κ2) is 4.45. The lowest BCUT2D eigenvalue weighted by Gasteiger charge is -2.36. The maximum absolute atomic E-state index is 12.0. The Morgan fingerprint density at radius 1 is 1.29 bits per heavy atom. The zero-order valence-corrected chi connectivity index (χ0v) is 11.5. The van der Waals surface area contributed by atoms with E-state index in [1.807, 2.05) is 18.2 Å². The first-order valence-electron chi connectivity index (χ1n) is 6.21. The molecule has 0 aliphatic heterocycles. The van der Waals surface area contributed by atoms with Crippen LogP contribution in [0.1, 0.15) is 36.6 Å². The molecule has 1 aliphatic rings. The van der Waals surface area contributed by atoms with Gasteiger partial charge in [0.25, 0.3) is 0 Å². The molecule has 0 radical (unpaired) electrons. The van der Waals surface area contributed by atoms with Crippen molar-refractivity contribution in [1.82, 2.24) is 0 Å². The van der Waals surface area contributed by atoms with E-state index >= 15 is 0 Å². The van der Waals surface area contributed by atoms with Crippen molar-refractivity contribution >= 4 is 9.84 Å². The summed E-state index contributed by atoms with van der Waals surface area (Å²) in [5.41, 5.74) is 2.24. The Labute approximate surface area is 104 Å². The number of sulfone groups is 1. The Morgan fingerprint density at radius 2 is 1.94 bits per heavy atom. The molecule has 2 rings (SSSR count). The standard InChI is InChI=1S/C14H20O2S/c1-4-11-9-12-7-5-6-8-13(12)14(10(11)2)17(3,15)16/h5-8,10-11,14H,4,9H2,1-3H3. The van der Waals surface area contributed by atoms with E-state index in [2.05, 4.69) is 19.9 Å². The average molecular weight is 252 g/mol. The zero-order valence-electron chi connectivity index (χ0n) is 10.7. The Hall–Kier alpha value is -0.830. The summed E-state index contributed by atoms with van der Waals surface area (Å²) in [6.45, 7) is 4.23. The van der Waals surface area contributed by atoms with Gasteiger partial charge in [-0.05, 0) is 29.4 Å². The first-order valence-corrected chi connectivity index (χ1v) is 8.17. The van der Waals surface area contributed by atoms with Crippen molar-refractivity contribution in [3.05, 3.63) is 35.4 Å². The molecule has 3 unspecified atom stereocenters. The number of rotatable bonds is 2. The molecule has 0 N–H and O–H groups in total. The number of hydrogen-bond donors (Lipinski definition) is 0. The van der Waals surface area contributed by atoms with Crippen molar-refractivity contribution in [1.29, 1.82) is 0 Å². The lowest BCUT2D eigenvalue weighted by Crippen LogP contribution is -2.31. The molecule has 0 bridgehead atoms. The van der Waals surface area contributed by atoms with Crippen molar-refractivity contribution in [2.45, 2.75) is 31.9 Å². The number of fused-ring (bicyclic) bond motifs is 1. The van der Waals surface area contributed by atoms with Crippen LogP contribution in [0.2, 0.25) is 0 Å². The van der Waals surface area contributed by atoms with Gasteiger partial charge in [-0.1, -0.05) is 44.5 Å². The second-order valence-corrected chi connectivity index (χ2v) is 7.35. The molecular formula is C14H20O2S. The summed E-state index contributed by atoms with van der Waals surface area (Å²) in [5, 5.41) is -0.322. The molecule has 0 fully saturated rings. The van der Waals surface area contributed by atoms with Crippen molar-refractivity contribution in [2.24, 2.45) is 11.8 Å². The van der Waals surface area contributed by atoms with Crippen LogP contribution in [0.5, 0.6) is 0 Å². The molecule has 0 aromatic heterocycles. The van der Waals surface area contributed by atoms with Gasteiger partial charge < -0.3 is 0 Å². The summed E-state index contributed by atoms with van der Waals surface area (Å²) in [4.78, 5) is 0. The van der Waals surface area contributed by atoms with E-state index < -0.39 is 9.84 Å². The van der Waals surface area contributed by atoms with Crippen LogP contribution < -0.4 is 0 Å². The lowest BCUT2D eigenvalue weighted by atomic mass is 9.75. The van der Waals surface area contributed by atoms with Crippen molar-refractivity contribution in [3.8, 4) is 0 Å². The van der Waals surface area contributed by atoms with Gasteiger partial charge in [-0.25, -0.2) is 8.42 Å². The fraction of sp³-hybridized carbons (Fsp3) is 0.571. The predicted molar refractivity (Wildman–Crippen MR) is 70.7 cm³/mol. The molecule has 3 atom stereocenters. The summed E-state index contributed by atoms with van der Waals surface area (Å²) < 4.78 is 24.0. The van der Waals surface area contributed by atoms with Crippen LogP contribution >= 0.6 is 0 Å². The molecule has 1 aromatic carbocycles. The maximum Gasteiger partial charge on any atom is 0.154 e. The van der Waals surface area contributed by atoms with Crippen molar-refractivity contribution in [3.63, 3.8) is 0 Å². The molecule has 1 aromatic rings. The molecular weight excluding hydrogens is 232 g/mol. The highest BCUT2D eigenvalue weighted by Crippen LogP contribution is 2.43. The molecule has 0 spiro atoms. The first-order chi connectivity index (χ1) is 7.95. The molecule has 0 saturated carbocycles. The number of hydrogen-bond acceptors (Lipinski definition) is 2. The monoisotopic (exact) mass is 252 g/mol. The van der Waals surface area contributed by atoms with E-state index in [0.717, 1.165) is 18.4 Å². The van der Waals surface area contributed by atoms with Gasteiger partial charge in [-0.2, -0.15) is 0 Å². The third-order valence-electron chi connectivity index (χ3n) is 4.05.